The number of nitrogens with one attached hydrogen (secondary N) is 1. The molecule has 140 valence electrons. The van der Waals surface area contributed by atoms with Gasteiger partial charge in [-0.1, -0.05) is 32.4 Å². The van der Waals surface area contributed by atoms with Crippen molar-refractivity contribution in [3.63, 3.8) is 0 Å². The van der Waals surface area contributed by atoms with Gasteiger partial charge in [-0.05, 0) is 36.5 Å². The van der Waals surface area contributed by atoms with Gasteiger partial charge in [-0.15, -0.1) is 0 Å². The van der Waals surface area contributed by atoms with Gasteiger partial charge in [-0.3, -0.25) is 4.79 Å². The summed E-state index contributed by atoms with van der Waals surface area (Å²) >= 11 is 0. The van der Waals surface area contributed by atoms with Crippen molar-refractivity contribution in [2.75, 3.05) is 26.9 Å². The number of aliphatic hydroxyl groups excluding tert-OH is 1. The van der Waals surface area contributed by atoms with Gasteiger partial charge >= 0.3 is 0 Å². The van der Waals surface area contributed by atoms with Crippen LogP contribution in [0, 0.1) is 11.3 Å². The van der Waals surface area contributed by atoms with Crippen molar-refractivity contribution >= 4 is 5.91 Å². The molecule has 0 spiro atoms. The van der Waals surface area contributed by atoms with Crippen LogP contribution < -0.4 is 10.1 Å². The molecule has 1 fully saturated rings. The third-order valence-electron chi connectivity index (χ3n) is 5.15. The van der Waals surface area contributed by atoms with Crippen LogP contribution in [0.1, 0.15) is 38.7 Å². The maximum absolute atomic E-state index is 12.5. The highest BCUT2D eigenvalue weighted by Crippen LogP contribution is 2.45. The largest absolute Gasteiger partial charge is 0.491 e. The SMILES string of the molecule is COCCOc1ccc(CC(=O)NC(C(C)C)C2(CO)CCC2)cc1. The second-order valence-electron chi connectivity index (χ2n) is 7.33. The van der Waals surface area contributed by atoms with E-state index in [-0.39, 0.29) is 24.0 Å². The van der Waals surface area contributed by atoms with Crippen LogP contribution in [0.4, 0.5) is 0 Å². The summed E-state index contributed by atoms with van der Waals surface area (Å²) in [5.74, 6) is 1.08. The molecular formula is C20H31NO4. The molecule has 0 saturated heterocycles. The van der Waals surface area contributed by atoms with E-state index in [0.717, 1.165) is 30.6 Å². The van der Waals surface area contributed by atoms with Crippen LogP contribution in [0.3, 0.4) is 0 Å². The average molecular weight is 349 g/mol. The van der Waals surface area contributed by atoms with Crippen LogP contribution in [0.25, 0.3) is 0 Å². The van der Waals surface area contributed by atoms with Crippen molar-refractivity contribution in [1.82, 2.24) is 5.32 Å². The predicted molar refractivity (Wildman–Crippen MR) is 97.7 cm³/mol. The summed E-state index contributed by atoms with van der Waals surface area (Å²) in [5, 5.41) is 13.0. The van der Waals surface area contributed by atoms with E-state index in [1.807, 2.05) is 24.3 Å². The fraction of sp³-hybridized carbons (Fsp3) is 0.650. The highest BCUT2D eigenvalue weighted by molar-refractivity contribution is 5.79. The first kappa shape index (κ1) is 19.7. The number of ether oxygens (including phenoxy) is 2. The minimum absolute atomic E-state index is 0.00600. The monoisotopic (exact) mass is 349 g/mol. The van der Waals surface area contributed by atoms with E-state index in [2.05, 4.69) is 19.2 Å². The Balaban J connectivity index is 1.90. The number of amides is 1. The van der Waals surface area contributed by atoms with Crippen LogP contribution in [0.5, 0.6) is 5.75 Å². The van der Waals surface area contributed by atoms with E-state index < -0.39 is 0 Å². The molecule has 1 aliphatic carbocycles. The Labute approximate surface area is 150 Å². The highest BCUT2D eigenvalue weighted by Gasteiger charge is 2.45. The predicted octanol–water partition coefficient (Wildman–Crippen LogP) is 2.56. The van der Waals surface area contributed by atoms with E-state index in [0.29, 0.717) is 25.6 Å². The van der Waals surface area contributed by atoms with Gasteiger partial charge < -0.3 is 19.9 Å². The first-order valence-corrected chi connectivity index (χ1v) is 9.11. The highest BCUT2D eigenvalue weighted by atomic mass is 16.5. The summed E-state index contributed by atoms with van der Waals surface area (Å²) in [6.45, 7) is 5.41. The van der Waals surface area contributed by atoms with Crippen LogP contribution >= 0.6 is 0 Å². The molecule has 1 amide bonds. The van der Waals surface area contributed by atoms with Gasteiger partial charge in [0, 0.05) is 18.6 Å². The second kappa shape index (κ2) is 9.20. The first-order chi connectivity index (χ1) is 12.0. The summed E-state index contributed by atoms with van der Waals surface area (Å²) in [6.07, 6.45) is 3.44. The molecule has 5 heteroatoms. The standard InChI is InChI=1S/C20H31NO4/c1-15(2)19(20(14-22)9-4-10-20)21-18(23)13-16-5-7-17(8-6-16)25-12-11-24-3/h5-8,15,19,22H,4,9-14H2,1-3H3,(H,21,23). The fourth-order valence-electron chi connectivity index (χ4n) is 3.58. The Hall–Kier alpha value is -1.59. The van der Waals surface area contributed by atoms with Crippen LogP contribution in [-0.4, -0.2) is 44.0 Å². The maximum Gasteiger partial charge on any atom is 0.224 e. The molecule has 25 heavy (non-hydrogen) atoms. The van der Waals surface area contributed by atoms with E-state index in [1.165, 1.54) is 0 Å². The summed E-state index contributed by atoms with van der Waals surface area (Å²) in [5.41, 5.74) is 0.814. The summed E-state index contributed by atoms with van der Waals surface area (Å²) < 4.78 is 10.5. The Morgan fingerprint density at radius 3 is 2.40 bits per heavy atom. The quantitative estimate of drug-likeness (QED) is 0.637. The van der Waals surface area contributed by atoms with Crippen molar-refractivity contribution in [2.24, 2.45) is 11.3 Å². The number of hydrogen-bond acceptors (Lipinski definition) is 4. The Bertz CT molecular complexity index is 532. The molecule has 0 radical (unpaired) electrons. The van der Waals surface area contributed by atoms with Gasteiger partial charge in [-0.25, -0.2) is 0 Å². The zero-order valence-electron chi connectivity index (χ0n) is 15.6. The molecule has 1 aromatic carbocycles. The number of benzene rings is 1. The zero-order chi connectivity index (χ0) is 18.3. The molecule has 5 nitrogen and oxygen atoms in total. The minimum atomic E-state index is -0.136. The molecule has 1 atom stereocenters. The smallest absolute Gasteiger partial charge is 0.224 e. The molecule has 1 aliphatic rings. The number of aliphatic hydroxyl groups is 1. The van der Waals surface area contributed by atoms with E-state index in [4.69, 9.17) is 9.47 Å². The first-order valence-electron chi connectivity index (χ1n) is 9.11. The second-order valence-corrected chi connectivity index (χ2v) is 7.33. The van der Waals surface area contributed by atoms with Gasteiger partial charge in [0.15, 0.2) is 0 Å². The van der Waals surface area contributed by atoms with Crippen molar-refractivity contribution in [3.8, 4) is 5.75 Å². The summed E-state index contributed by atoms with van der Waals surface area (Å²) in [7, 11) is 1.64. The number of carbonyl (C=O) groups excluding carboxylic acids is 1. The third kappa shape index (κ3) is 5.19. The molecule has 0 bridgehead atoms. The Morgan fingerprint density at radius 1 is 1.24 bits per heavy atom. The molecule has 1 aromatic rings. The molecule has 0 heterocycles. The number of carbonyl (C=O) groups is 1. The van der Waals surface area contributed by atoms with Gasteiger partial charge in [-0.2, -0.15) is 0 Å². The Morgan fingerprint density at radius 2 is 1.92 bits per heavy atom. The van der Waals surface area contributed by atoms with Crippen molar-refractivity contribution in [1.29, 1.82) is 0 Å². The van der Waals surface area contributed by atoms with Crippen LogP contribution in [-0.2, 0) is 16.0 Å². The Kier molecular flexibility index (Phi) is 7.26. The van der Waals surface area contributed by atoms with E-state index in [1.54, 1.807) is 7.11 Å². The van der Waals surface area contributed by atoms with Crippen molar-refractivity contribution in [3.05, 3.63) is 29.8 Å². The number of methoxy groups -OCH3 is 1. The van der Waals surface area contributed by atoms with Crippen LogP contribution in [0.2, 0.25) is 0 Å². The molecule has 1 saturated carbocycles. The normalized spacial score (nSPS) is 17.0. The lowest BCUT2D eigenvalue weighted by Crippen LogP contribution is -2.56. The van der Waals surface area contributed by atoms with Crippen molar-refractivity contribution in [2.45, 2.75) is 45.6 Å². The van der Waals surface area contributed by atoms with Crippen LogP contribution in [0.15, 0.2) is 24.3 Å². The topological polar surface area (TPSA) is 67.8 Å². The van der Waals surface area contributed by atoms with Gasteiger partial charge in [0.1, 0.15) is 12.4 Å². The van der Waals surface area contributed by atoms with E-state index >= 15 is 0 Å². The lowest BCUT2D eigenvalue weighted by atomic mass is 9.62. The molecule has 2 N–H and O–H groups in total. The summed E-state index contributed by atoms with van der Waals surface area (Å²) in [6, 6.07) is 7.60. The van der Waals surface area contributed by atoms with Gasteiger partial charge in [0.05, 0.1) is 19.6 Å². The molecule has 2 rings (SSSR count). The molecule has 1 unspecified atom stereocenters. The third-order valence-corrected chi connectivity index (χ3v) is 5.15. The average Bonchev–Trinajstić information content (AvgIpc) is 2.55. The molecule has 0 aliphatic heterocycles. The minimum Gasteiger partial charge on any atom is -0.491 e. The van der Waals surface area contributed by atoms with Crippen molar-refractivity contribution < 1.29 is 19.4 Å². The number of hydrogen-bond donors (Lipinski definition) is 2. The van der Waals surface area contributed by atoms with E-state index in [9.17, 15) is 9.90 Å². The lowest BCUT2D eigenvalue weighted by Gasteiger charge is -2.48. The van der Waals surface area contributed by atoms with Gasteiger partial charge in [0.2, 0.25) is 5.91 Å². The van der Waals surface area contributed by atoms with Gasteiger partial charge in [0.25, 0.3) is 0 Å². The number of rotatable bonds is 10. The zero-order valence-corrected chi connectivity index (χ0v) is 15.6. The fourth-order valence-corrected chi connectivity index (χ4v) is 3.58. The molecule has 0 aromatic heterocycles. The summed E-state index contributed by atoms with van der Waals surface area (Å²) in [4.78, 5) is 12.5. The lowest BCUT2D eigenvalue weighted by molar-refractivity contribution is -0.124. The molecular weight excluding hydrogens is 318 g/mol. The maximum atomic E-state index is 12.5.